The van der Waals surface area contributed by atoms with E-state index in [1.54, 1.807) is 6.20 Å². The van der Waals surface area contributed by atoms with Gasteiger partial charge in [0.15, 0.2) is 0 Å². The summed E-state index contributed by atoms with van der Waals surface area (Å²) in [6.45, 7) is 1.93. The summed E-state index contributed by atoms with van der Waals surface area (Å²) in [5, 5.41) is 23.4. The van der Waals surface area contributed by atoms with Crippen LogP contribution in [0.5, 0.6) is 0 Å². The fourth-order valence-electron chi connectivity index (χ4n) is 2.70. The lowest BCUT2D eigenvalue weighted by Crippen LogP contribution is -2.37. The third-order valence-corrected chi connectivity index (χ3v) is 3.62. The quantitative estimate of drug-likeness (QED) is 0.343. The summed E-state index contributed by atoms with van der Waals surface area (Å²) in [5.41, 5.74) is 3.79. The van der Waals surface area contributed by atoms with Gasteiger partial charge in [-0.25, -0.2) is 4.99 Å². The van der Waals surface area contributed by atoms with Crippen LogP contribution in [-0.4, -0.2) is 22.7 Å². The summed E-state index contributed by atoms with van der Waals surface area (Å²) in [5.74, 6) is 2.39. The van der Waals surface area contributed by atoms with E-state index in [1.165, 1.54) is 0 Å². The second-order valence-corrected chi connectivity index (χ2v) is 4.84. The molecule has 5 nitrogen and oxygen atoms in total. The van der Waals surface area contributed by atoms with E-state index in [4.69, 9.17) is 6.42 Å². The van der Waals surface area contributed by atoms with Gasteiger partial charge in [-0.15, -0.1) is 6.42 Å². The normalized spacial score (nSPS) is 32.7. The second kappa shape index (κ2) is 5.83. The maximum atomic E-state index is 10.8. The first-order chi connectivity index (χ1) is 9.21. The van der Waals surface area contributed by atoms with Gasteiger partial charge in [-0.2, -0.15) is 0 Å². The Labute approximate surface area is 112 Å². The van der Waals surface area contributed by atoms with Crippen LogP contribution in [0, 0.1) is 29.4 Å². The summed E-state index contributed by atoms with van der Waals surface area (Å²) in [6, 6.07) is -0.101. The van der Waals surface area contributed by atoms with Gasteiger partial charge in [-0.05, 0) is 43.2 Å². The fraction of sp³-hybridized carbons (Fsp3) is 0.429. The Morgan fingerprint density at radius 2 is 2.42 bits per heavy atom. The van der Waals surface area contributed by atoms with Crippen molar-refractivity contribution in [3.8, 4) is 12.3 Å². The lowest BCUT2D eigenvalue weighted by molar-refractivity contribution is 0.312. The van der Waals surface area contributed by atoms with Gasteiger partial charge < -0.3 is 15.9 Å². The van der Waals surface area contributed by atoms with Gasteiger partial charge >= 0.3 is 0 Å². The Morgan fingerprint density at radius 1 is 1.63 bits per heavy atom. The van der Waals surface area contributed by atoms with Crippen molar-refractivity contribution < 1.29 is 5.21 Å². The topological polar surface area (TPSA) is 80.0 Å². The molecule has 5 heteroatoms. The van der Waals surface area contributed by atoms with Crippen molar-refractivity contribution >= 4 is 11.4 Å². The zero-order chi connectivity index (χ0) is 13.8. The summed E-state index contributed by atoms with van der Waals surface area (Å²) < 4.78 is 0. The highest BCUT2D eigenvalue weighted by Crippen LogP contribution is 2.33. The molecule has 0 amide bonds. The first-order valence-electron chi connectivity index (χ1n) is 6.19. The fourth-order valence-corrected chi connectivity index (χ4v) is 2.70. The number of hydroxylamine groups is 1. The maximum Gasteiger partial charge on any atom is 0.138 e. The van der Waals surface area contributed by atoms with Gasteiger partial charge in [0.05, 0.1) is 0 Å². The minimum absolute atomic E-state index is 0.0844. The van der Waals surface area contributed by atoms with Crippen molar-refractivity contribution in [2.45, 2.75) is 25.8 Å². The molecule has 0 saturated heterocycles. The molecular weight excluding hydrogens is 242 g/mol. The number of terminal acetylenes is 1. The Morgan fingerprint density at radius 3 is 3.05 bits per heavy atom. The third-order valence-electron chi connectivity index (χ3n) is 3.62. The molecule has 100 valence electrons. The zero-order valence-electron chi connectivity index (χ0n) is 10.7. The lowest BCUT2D eigenvalue weighted by Gasteiger charge is -2.34. The molecule has 2 aliphatic rings. The molecule has 2 N–H and O–H groups in total. The minimum Gasteiger partial charge on any atom is -0.788 e. The number of hydrogen-bond acceptors (Lipinski definition) is 5. The molecule has 2 rings (SSSR count). The van der Waals surface area contributed by atoms with Crippen LogP contribution in [0.4, 0.5) is 0 Å². The van der Waals surface area contributed by atoms with Crippen molar-refractivity contribution in [2.75, 3.05) is 0 Å². The van der Waals surface area contributed by atoms with Crippen molar-refractivity contribution in [1.29, 1.82) is 0 Å². The highest BCUT2D eigenvalue weighted by atomic mass is 16.5. The first-order valence-corrected chi connectivity index (χ1v) is 6.19. The van der Waals surface area contributed by atoms with Gasteiger partial charge in [0, 0.05) is 12.1 Å². The van der Waals surface area contributed by atoms with Gasteiger partial charge in [-0.3, -0.25) is 0 Å². The highest BCUT2D eigenvalue weighted by Gasteiger charge is 2.33. The molecule has 1 aliphatic heterocycles. The Balaban J connectivity index is 2.31. The molecule has 3 unspecified atom stereocenters. The molecule has 0 aromatic carbocycles. The molecule has 0 spiro atoms. The monoisotopic (exact) mass is 258 g/mol. The van der Waals surface area contributed by atoms with Gasteiger partial charge in [-0.1, -0.05) is 17.3 Å². The van der Waals surface area contributed by atoms with Gasteiger partial charge in [0.1, 0.15) is 11.4 Å². The molecule has 19 heavy (non-hydrogen) atoms. The number of oxime groups is 1. The number of hydrogen-bond donors (Lipinski definition) is 2. The Bertz CT molecular complexity index is 511. The number of nitrogens with zero attached hydrogens (tertiary/aromatic N) is 2. The van der Waals surface area contributed by atoms with Crippen molar-refractivity contribution in [3.05, 3.63) is 29.1 Å². The van der Waals surface area contributed by atoms with E-state index in [-0.39, 0.29) is 17.9 Å². The molecule has 0 aromatic heterocycles. The smallest absolute Gasteiger partial charge is 0.138 e. The number of allylic oxidation sites excluding steroid dienone is 2. The molecule has 0 radical (unpaired) electrons. The molecule has 1 aliphatic carbocycles. The third kappa shape index (κ3) is 2.60. The summed E-state index contributed by atoms with van der Waals surface area (Å²) in [7, 11) is 0. The van der Waals surface area contributed by atoms with Crippen LogP contribution in [0.25, 0.3) is 0 Å². The highest BCUT2D eigenvalue weighted by molar-refractivity contribution is 6.50. The van der Waals surface area contributed by atoms with Crippen LogP contribution in [0.1, 0.15) is 19.8 Å². The van der Waals surface area contributed by atoms with E-state index in [2.05, 4.69) is 27.6 Å². The van der Waals surface area contributed by atoms with Crippen molar-refractivity contribution in [1.82, 2.24) is 5.48 Å². The molecular formula is C14H16N3O2-. The van der Waals surface area contributed by atoms with E-state index in [0.717, 1.165) is 12.0 Å². The van der Waals surface area contributed by atoms with E-state index < -0.39 is 0 Å². The van der Waals surface area contributed by atoms with Crippen LogP contribution < -0.4 is 5.48 Å². The number of aliphatic imine (C=N–C) groups is 1. The zero-order valence-corrected chi connectivity index (χ0v) is 10.7. The van der Waals surface area contributed by atoms with Crippen molar-refractivity contribution in [2.24, 2.45) is 22.0 Å². The lowest BCUT2D eigenvalue weighted by atomic mass is 9.75. The summed E-state index contributed by atoms with van der Waals surface area (Å²) in [4.78, 5) is 4.09. The number of nitrogens with one attached hydrogen (secondary N) is 1. The van der Waals surface area contributed by atoms with E-state index in [0.29, 0.717) is 17.8 Å². The van der Waals surface area contributed by atoms with E-state index >= 15 is 0 Å². The van der Waals surface area contributed by atoms with Crippen LogP contribution in [0.15, 0.2) is 34.1 Å². The molecule has 3 atom stereocenters. The average molecular weight is 258 g/mol. The first kappa shape index (κ1) is 13.5. The second-order valence-electron chi connectivity index (χ2n) is 4.84. The minimum atomic E-state index is -0.124. The predicted molar refractivity (Wildman–Crippen MR) is 74.9 cm³/mol. The largest absolute Gasteiger partial charge is 0.788 e. The van der Waals surface area contributed by atoms with E-state index in [9.17, 15) is 10.4 Å². The average Bonchev–Trinajstić information content (AvgIpc) is 2.46. The predicted octanol–water partition coefficient (Wildman–Crippen LogP) is 1.85. The van der Waals surface area contributed by atoms with Crippen molar-refractivity contribution in [3.63, 3.8) is 0 Å². The maximum absolute atomic E-state index is 10.8. The standard InChI is InChI=1S/C14H16N3O2/c1-3-12-14(17-19)13(9(2)8-15-12)10-5-4-6-11(7-10)16-18/h1,4-5,8,10-11,13,16,19H,6-7H2,2H3/q-1. The number of rotatable bonds is 2. The summed E-state index contributed by atoms with van der Waals surface area (Å²) >= 11 is 0. The van der Waals surface area contributed by atoms with Crippen LogP contribution in [0.3, 0.4) is 0 Å². The van der Waals surface area contributed by atoms with E-state index in [1.807, 2.05) is 13.0 Å². The molecule has 0 saturated carbocycles. The van der Waals surface area contributed by atoms with Crippen LogP contribution in [0.2, 0.25) is 0 Å². The summed E-state index contributed by atoms with van der Waals surface area (Å²) in [6.07, 6.45) is 12.5. The SMILES string of the molecule is C#CC1=NC=C(C)C(C2C=CCC(N[O-])C2)C1=NO. The Kier molecular flexibility index (Phi) is 4.15. The van der Waals surface area contributed by atoms with Gasteiger partial charge in [0.25, 0.3) is 0 Å². The molecule has 0 aromatic rings. The van der Waals surface area contributed by atoms with Crippen LogP contribution in [-0.2, 0) is 0 Å². The van der Waals surface area contributed by atoms with Gasteiger partial charge in [0.2, 0.25) is 0 Å². The molecule has 0 bridgehead atoms. The molecule has 1 heterocycles. The van der Waals surface area contributed by atoms with Crippen LogP contribution >= 0.6 is 0 Å². The Hall–Kier alpha value is -1.90. The molecule has 0 fully saturated rings.